The molecule has 5 heteroatoms. The van der Waals surface area contributed by atoms with Gasteiger partial charge in [0.15, 0.2) is 0 Å². The number of hydrogen-bond donors (Lipinski definition) is 1. The molecule has 1 aromatic carbocycles. The quantitative estimate of drug-likeness (QED) is 0.926. The molecule has 0 saturated heterocycles. The minimum atomic E-state index is -0.249. The van der Waals surface area contributed by atoms with E-state index in [0.717, 1.165) is 24.2 Å². The zero-order valence-electron chi connectivity index (χ0n) is 11.6. The molecule has 106 valence electrons. The molecule has 1 aromatic heterocycles. The molecule has 1 aliphatic carbocycles. The Morgan fingerprint density at radius 1 is 1.25 bits per heavy atom. The Labute approximate surface area is 118 Å². The summed E-state index contributed by atoms with van der Waals surface area (Å²) in [5.74, 6) is 1.91. The van der Waals surface area contributed by atoms with Crippen molar-refractivity contribution < 1.29 is 9.26 Å². The molecule has 0 amide bonds. The second-order valence-electron chi connectivity index (χ2n) is 5.29. The summed E-state index contributed by atoms with van der Waals surface area (Å²) in [6.07, 6.45) is 5.22. The van der Waals surface area contributed by atoms with Gasteiger partial charge >= 0.3 is 0 Å². The van der Waals surface area contributed by atoms with Crippen LogP contribution >= 0.6 is 0 Å². The van der Waals surface area contributed by atoms with Gasteiger partial charge in [-0.25, -0.2) is 0 Å². The van der Waals surface area contributed by atoms with E-state index in [9.17, 15) is 0 Å². The van der Waals surface area contributed by atoms with Gasteiger partial charge in [-0.15, -0.1) is 0 Å². The zero-order chi connectivity index (χ0) is 13.9. The van der Waals surface area contributed by atoms with E-state index in [1.807, 2.05) is 31.2 Å². The average molecular weight is 273 g/mol. The summed E-state index contributed by atoms with van der Waals surface area (Å²) >= 11 is 0. The van der Waals surface area contributed by atoms with Gasteiger partial charge in [0.25, 0.3) is 0 Å². The van der Waals surface area contributed by atoms with Crippen molar-refractivity contribution in [3.8, 4) is 17.1 Å². The number of nitrogens with two attached hydrogens (primary N) is 1. The highest BCUT2D eigenvalue weighted by atomic mass is 16.5. The summed E-state index contributed by atoms with van der Waals surface area (Å²) in [6.45, 7) is 1.82. The van der Waals surface area contributed by atoms with E-state index in [-0.39, 0.29) is 6.04 Å². The normalized spacial score (nSPS) is 17.3. The lowest BCUT2D eigenvalue weighted by Crippen LogP contribution is -2.10. The smallest absolute Gasteiger partial charge is 0.243 e. The fourth-order valence-electron chi connectivity index (χ4n) is 2.42. The maximum absolute atomic E-state index is 5.93. The molecule has 3 rings (SSSR count). The highest BCUT2D eigenvalue weighted by molar-refractivity contribution is 5.55. The van der Waals surface area contributed by atoms with E-state index in [2.05, 4.69) is 10.1 Å². The first-order valence-corrected chi connectivity index (χ1v) is 7.08. The second kappa shape index (κ2) is 5.63. The molecule has 1 atom stereocenters. The van der Waals surface area contributed by atoms with Crippen LogP contribution in [0.2, 0.25) is 0 Å². The average Bonchev–Trinajstić information content (AvgIpc) is 3.10. The minimum absolute atomic E-state index is 0.249. The zero-order valence-corrected chi connectivity index (χ0v) is 11.6. The molecule has 1 aliphatic rings. The first-order valence-electron chi connectivity index (χ1n) is 7.08. The molecular formula is C15H19N3O2. The van der Waals surface area contributed by atoms with Crippen molar-refractivity contribution in [2.75, 3.05) is 0 Å². The van der Waals surface area contributed by atoms with Crippen molar-refractivity contribution in [1.82, 2.24) is 10.1 Å². The van der Waals surface area contributed by atoms with Gasteiger partial charge in [-0.3, -0.25) is 0 Å². The highest BCUT2D eigenvalue weighted by Gasteiger charge is 2.16. The van der Waals surface area contributed by atoms with Crippen LogP contribution in [0, 0.1) is 0 Å². The predicted molar refractivity (Wildman–Crippen MR) is 75.2 cm³/mol. The van der Waals surface area contributed by atoms with Crippen LogP contribution in [0.25, 0.3) is 11.4 Å². The third-order valence-electron chi connectivity index (χ3n) is 3.55. The van der Waals surface area contributed by atoms with Gasteiger partial charge in [-0.2, -0.15) is 4.98 Å². The number of ether oxygens (including phenoxy) is 1. The second-order valence-corrected chi connectivity index (χ2v) is 5.29. The number of benzene rings is 1. The van der Waals surface area contributed by atoms with E-state index < -0.39 is 0 Å². The van der Waals surface area contributed by atoms with Crippen molar-refractivity contribution >= 4 is 0 Å². The fourth-order valence-corrected chi connectivity index (χ4v) is 2.42. The summed E-state index contributed by atoms with van der Waals surface area (Å²) in [6, 6.07) is 7.55. The monoisotopic (exact) mass is 273 g/mol. The number of aromatic nitrogens is 2. The van der Waals surface area contributed by atoms with E-state index in [4.69, 9.17) is 15.0 Å². The fraction of sp³-hybridized carbons (Fsp3) is 0.467. The molecule has 2 N–H and O–H groups in total. The Kier molecular flexibility index (Phi) is 3.69. The van der Waals surface area contributed by atoms with Gasteiger partial charge in [0.2, 0.25) is 11.7 Å². The van der Waals surface area contributed by atoms with E-state index in [0.29, 0.717) is 17.8 Å². The lowest BCUT2D eigenvalue weighted by Gasteiger charge is -2.12. The van der Waals surface area contributed by atoms with Gasteiger partial charge in [0, 0.05) is 5.56 Å². The molecule has 0 spiro atoms. The number of hydrogen-bond acceptors (Lipinski definition) is 5. The molecule has 1 fully saturated rings. The highest BCUT2D eigenvalue weighted by Crippen LogP contribution is 2.26. The van der Waals surface area contributed by atoms with Crippen LogP contribution in [-0.4, -0.2) is 16.2 Å². The maximum atomic E-state index is 5.93. The summed E-state index contributed by atoms with van der Waals surface area (Å²) in [5.41, 5.74) is 6.61. The van der Waals surface area contributed by atoms with Gasteiger partial charge in [-0.1, -0.05) is 5.16 Å². The molecule has 0 bridgehead atoms. The largest absolute Gasteiger partial charge is 0.490 e. The lowest BCUT2D eigenvalue weighted by molar-refractivity contribution is 0.210. The molecule has 0 radical (unpaired) electrons. The third-order valence-corrected chi connectivity index (χ3v) is 3.55. The SMILES string of the molecule is C[C@@H](N)c1nc(-c2ccc(OC3CCCC3)cc2)no1. The van der Waals surface area contributed by atoms with Crippen molar-refractivity contribution in [3.63, 3.8) is 0 Å². The molecule has 20 heavy (non-hydrogen) atoms. The van der Waals surface area contributed by atoms with Crippen molar-refractivity contribution in [1.29, 1.82) is 0 Å². The van der Waals surface area contributed by atoms with Crippen LogP contribution in [0.5, 0.6) is 5.75 Å². The van der Waals surface area contributed by atoms with Crippen LogP contribution < -0.4 is 10.5 Å². The Bertz CT molecular complexity index is 557. The maximum Gasteiger partial charge on any atom is 0.243 e. The first-order chi connectivity index (χ1) is 9.72. The summed E-state index contributed by atoms with van der Waals surface area (Å²) in [5, 5.41) is 3.93. The topological polar surface area (TPSA) is 74.2 Å². The van der Waals surface area contributed by atoms with Crippen LogP contribution in [0.3, 0.4) is 0 Å². The van der Waals surface area contributed by atoms with Gasteiger partial charge in [0.05, 0.1) is 12.1 Å². The van der Waals surface area contributed by atoms with Crippen LogP contribution in [-0.2, 0) is 0 Å². The van der Waals surface area contributed by atoms with E-state index in [1.54, 1.807) is 0 Å². The van der Waals surface area contributed by atoms with Gasteiger partial charge in [0.1, 0.15) is 5.75 Å². The van der Waals surface area contributed by atoms with Crippen LogP contribution in [0.15, 0.2) is 28.8 Å². The Morgan fingerprint density at radius 2 is 1.95 bits per heavy atom. The molecule has 0 unspecified atom stereocenters. The molecule has 0 aliphatic heterocycles. The van der Waals surface area contributed by atoms with Crippen molar-refractivity contribution in [2.24, 2.45) is 5.73 Å². The van der Waals surface area contributed by atoms with Gasteiger partial charge in [-0.05, 0) is 56.9 Å². The molecular weight excluding hydrogens is 254 g/mol. The minimum Gasteiger partial charge on any atom is -0.490 e. The molecule has 5 nitrogen and oxygen atoms in total. The molecule has 2 aromatic rings. The van der Waals surface area contributed by atoms with Crippen molar-refractivity contribution in [3.05, 3.63) is 30.2 Å². The summed E-state index contributed by atoms with van der Waals surface area (Å²) in [7, 11) is 0. The Hall–Kier alpha value is -1.88. The standard InChI is InChI=1S/C15H19N3O2/c1-10(16)15-17-14(18-20-15)11-6-8-13(9-7-11)19-12-4-2-3-5-12/h6-10,12H,2-5,16H2,1H3/t10-/m1/s1. The molecule has 1 saturated carbocycles. The van der Waals surface area contributed by atoms with E-state index in [1.165, 1.54) is 12.8 Å². The third kappa shape index (κ3) is 2.82. The Balaban J connectivity index is 1.71. The first kappa shape index (κ1) is 13.1. The number of nitrogens with zero attached hydrogens (tertiary/aromatic N) is 2. The summed E-state index contributed by atoms with van der Waals surface area (Å²) < 4.78 is 11.0. The van der Waals surface area contributed by atoms with Gasteiger partial charge < -0.3 is 15.0 Å². The predicted octanol–water partition coefficient (Wildman–Crippen LogP) is 3.08. The molecule has 1 heterocycles. The summed E-state index contributed by atoms with van der Waals surface area (Å²) in [4.78, 5) is 4.27. The lowest BCUT2D eigenvalue weighted by atomic mass is 10.2. The van der Waals surface area contributed by atoms with Crippen molar-refractivity contribution in [2.45, 2.75) is 44.8 Å². The van der Waals surface area contributed by atoms with Crippen LogP contribution in [0.1, 0.15) is 44.5 Å². The Morgan fingerprint density at radius 3 is 2.55 bits per heavy atom. The van der Waals surface area contributed by atoms with Crippen LogP contribution in [0.4, 0.5) is 0 Å². The number of rotatable bonds is 4. The van der Waals surface area contributed by atoms with E-state index >= 15 is 0 Å².